The number of hydrogen-bond donors (Lipinski definition) is 0. The number of amides is 1. The molecule has 0 aromatic carbocycles. The maximum absolute atomic E-state index is 11.4. The molecule has 1 fully saturated rings. The van der Waals surface area contributed by atoms with Gasteiger partial charge >= 0.3 is 6.09 Å². The lowest BCUT2D eigenvalue weighted by Crippen LogP contribution is -2.28. The predicted octanol–water partition coefficient (Wildman–Crippen LogP) is 2.61. The molecule has 0 aromatic rings. The zero-order valence-electron chi connectivity index (χ0n) is 8.83. The number of unbranched alkanes of at least 4 members (excludes halogenated alkanes) is 3. The van der Waals surface area contributed by atoms with Crippen LogP contribution < -0.4 is 0 Å². The Bertz CT molecular complexity index is 165. The van der Waals surface area contributed by atoms with Gasteiger partial charge in [0, 0.05) is 13.1 Å². The van der Waals surface area contributed by atoms with Gasteiger partial charge in [-0.25, -0.2) is 4.79 Å². The third-order valence-corrected chi connectivity index (χ3v) is 2.48. The molecule has 1 saturated heterocycles. The van der Waals surface area contributed by atoms with E-state index in [0.717, 1.165) is 51.6 Å². The van der Waals surface area contributed by atoms with E-state index in [2.05, 4.69) is 6.92 Å². The van der Waals surface area contributed by atoms with Crippen molar-refractivity contribution >= 4 is 6.09 Å². The van der Waals surface area contributed by atoms with Crippen LogP contribution in [0.2, 0.25) is 0 Å². The van der Waals surface area contributed by atoms with Gasteiger partial charge in [-0.3, -0.25) is 0 Å². The quantitative estimate of drug-likeness (QED) is 0.635. The highest BCUT2D eigenvalue weighted by Gasteiger charge is 2.18. The average Bonchev–Trinajstić information content (AvgIpc) is 2.70. The van der Waals surface area contributed by atoms with Gasteiger partial charge in [-0.15, -0.1) is 0 Å². The number of hydrogen-bond acceptors (Lipinski definition) is 2. The zero-order valence-corrected chi connectivity index (χ0v) is 8.83. The van der Waals surface area contributed by atoms with Gasteiger partial charge in [-0.2, -0.15) is 0 Å². The Morgan fingerprint density at radius 3 is 2.57 bits per heavy atom. The van der Waals surface area contributed by atoms with Crippen LogP contribution in [0.3, 0.4) is 0 Å². The van der Waals surface area contributed by atoms with E-state index in [4.69, 9.17) is 4.74 Å². The van der Waals surface area contributed by atoms with Crippen molar-refractivity contribution in [1.29, 1.82) is 0 Å². The molecule has 0 spiro atoms. The van der Waals surface area contributed by atoms with Crippen LogP contribution in [-0.2, 0) is 4.74 Å². The second-order valence-electron chi connectivity index (χ2n) is 3.72. The number of nitrogens with zero attached hydrogens (tertiary/aromatic N) is 1. The number of carbonyl (C=O) groups is 1. The standard InChI is InChI=1S/C11H20NO2/c1-2-3-4-7-10-14-11(13)12-8-5-6-9-12/h1-10H2. The minimum atomic E-state index is -0.128. The van der Waals surface area contributed by atoms with E-state index >= 15 is 0 Å². The van der Waals surface area contributed by atoms with Gasteiger partial charge in [-0.05, 0) is 19.3 Å². The molecule has 0 bridgehead atoms. The van der Waals surface area contributed by atoms with Gasteiger partial charge in [-0.1, -0.05) is 26.2 Å². The van der Waals surface area contributed by atoms with Gasteiger partial charge in [0.25, 0.3) is 0 Å². The molecule has 14 heavy (non-hydrogen) atoms. The largest absolute Gasteiger partial charge is 0.449 e. The Hall–Kier alpha value is -0.730. The highest BCUT2D eigenvalue weighted by molar-refractivity contribution is 5.67. The monoisotopic (exact) mass is 198 g/mol. The van der Waals surface area contributed by atoms with Crippen molar-refractivity contribution in [2.75, 3.05) is 19.7 Å². The van der Waals surface area contributed by atoms with Crippen LogP contribution in [0.1, 0.15) is 38.5 Å². The third kappa shape index (κ3) is 3.99. The molecular weight excluding hydrogens is 178 g/mol. The van der Waals surface area contributed by atoms with E-state index in [1.165, 1.54) is 0 Å². The van der Waals surface area contributed by atoms with Crippen LogP contribution >= 0.6 is 0 Å². The molecule has 1 heterocycles. The summed E-state index contributed by atoms with van der Waals surface area (Å²) in [5.41, 5.74) is 0. The van der Waals surface area contributed by atoms with Crippen LogP contribution in [0.15, 0.2) is 0 Å². The number of carbonyl (C=O) groups excluding carboxylic acids is 1. The van der Waals surface area contributed by atoms with Crippen molar-refractivity contribution in [3.8, 4) is 0 Å². The summed E-state index contributed by atoms with van der Waals surface area (Å²) in [5.74, 6) is 0. The molecule has 1 aliphatic rings. The van der Waals surface area contributed by atoms with Gasteiger partial charge in [0.15, 0.2) is 0 Å². The summed E-state index contributed by atoms with van der Waals surface area (Å²) < 4.78 is 5.14. The van der Waals surface area contributed by atoms with Crippen LogP contribution in [0.25, 0.3) is 0 Å². The molecule has 0 N–H and O–H groups in total. The number of ether oxygens (including phenoxy) is 1. The second-order valence-corrected chi connectivity index (χ2v) is 3.72. The van der Waals surface area contributed by atoms with Gasteiger partial charge < -0.3 is 9.64 Å². The lowest BCUT2D eigenvalue weighted by molar-refractivity contribution is 0.109. The average molecular weight is 198 g/mol. The van der Waals surface area contributed by atoms with Crippen molar-refractivity contribution in [3.63, 3.8) is 0 Å². The lowest BCUT2D eigenvalue weighted by Gasteiger charge is -2.14. The molecule has 81 valence electrons. The molecule has 3 heteroatoms. The minimum absolute atomic E-state index is 0.128. The molecule has 3 nitrogen and oxygen atoms in total. The smallest absolute Gasteiger partial charge is 0.409 e. The van der Waals surface area contributed by atoms with Crippen LogP contribution in [0, 0.1) is 6.92 Å². The third-order valence-electron chi connectivity index (χ3n) is 2.48. The Morgan fingerprint density at radius 1 is 1.21 bits per heavy atom. The molecule has 1 amide bonds. The van der Waals surface area contributed by atoms with E-state index < -0.39 is 0 Å². The number of likely N-dealkylation sites (tertiary alicyclic amines) is 1. The fourth-order valence-corrected chi connectivity index (χ4v) is 1.61. The summed E-state index contributed by atoms with van der Waals surface area (Å²) in [7, 11) is 0. The van der Waals surface area contributed by atoms with Crippen LogP contribution in [0.4, 0.5) is 4.79 Å². The minimum Gasteiger partial charge on any atom is -0.449 e. The Balaban J connectivity index is 1.97. The van der Waals surface area contributed by atoms with E-state index in [1.54, 1.807) is 4.90 Å². The summed E-state index contributed by atoms with van der Waals surface area (Å²) in [6, 6.07) is 0. The van der Waals surface area contributed by atoms with E-state index in [0.29, 0.717) is 6.61 Å². The first-order chi connectivity index (χ1) is 6.84. The summed E-state index contributed by atoms with van der Waals surface area (Å²) in [5, 5.41) is 0. The Morgan fingerprint density at radius 2 is 1.93 bits per heavy atom. The molecule has 1 rings (SSSR count). The first kappa shape index (κ1) is 11.3. The van der Waals surface area contributed by atoms with Crippen molar-refractivity contribution < 1.29 is 9.53 Å². The van der Waals surface area contributed by atoms with Crippen molar-refractivity contribution in [3.05, 3.63) is 6.92 Å². The topological polar surface area (TPSA) is 29.5 Å². The highest BCUT2D eigenvalue weighted by Crippen LogP contribution is 2.09. The predicted molar refractivity (Wildman–Crippen MR) is 56.0 cm³/mol. The molecule has 0 atom stereocenters. The zero-order chi connectivity index (χ0) is 10.2. The highest BCUT2D eigenvalue weighted by atomic mass is 16.6. The van der Waals surface area contributed by atoms with Crippen LogP contribution in [0.5, 0.6) is 0 Å². The summed E-state index contributed by atoms with van der Waals surface area (Å²) in [4.78, 5) is 13.2. The Kier molecular flexibility index (Phi) is 5.42. The van der Waals surface area contributed by atoms with Crippen molar-refractivity contribution in [1.82, 2.24) is 4.90 Å². The number of rotatable bonds is 5. The van der Waals surface area contributed by atoms with Gasteiger partial charge in [0.1, 0.15) is 0 Å². The molecule has 0 unspecified atom stereocenters. The summed E-state index contributed by atoms with van der Waals surface area (Å²) in [6.45, 7) is 6.08. The Labute approximate surface area is 86.4 Å². The van der Waals surface area contributed by atoms with Gasteiger partial charge in [0.05, 0.1) is 6.61 Å². The van der Waals surface area contributed by atoms with E-state index in [-0.39, 0.29) is 6.09 Å². The molecule has 0 aromatic heterocycles. The van der Waals surface area contributed by atoms with E-state index in [1.807, 2.05) is 0 Å². The molecule has 1 radical (unpaired) electrons. The van der Waals surface area contributed by atoms with Gasteiger partial charge in [0.2, 0.25) is 0 Å². The second kappa shape index (κ2) is 6.68. The molecule has 1 aliphatic heterocycles. The first-order valence-corrected chi connectivity index (χ1v) is 5.55. The lowest BCUT2D eigenvalue weighted by atomic mass is 10.2. The fourth-order valence-electron chi connectivity index (χ4n) is 1.61. The van der Waals surface area contributed by atoms with Crippen LogP contribution in [-0.4, -0.2) is 30.7 Å². The molecular formula is C11H20NO2. The summed E-state index contributed by atoms with van der Waals surface area (Å²) >= 11 is 0. The summed E-state index contributed by atoms with van der Waals surface area (Å²) in [6.07, 6.45) is 6.29. The SMILES string of the molecule is [CH2]CCCCCOC(=O)N1CCCC1. The van der Waals surface area contributed by atoms with Crippen molar-refractivity contribution in [2.45, 2.75) is 38.5 Å². The molecule has 0 aliphatic carbocycles. The maximum atomic E-state index is 11.4. The van der Waals surface area contributed by atoms with Crippen molar-refractivity contribution in [2.24, 2.45) is 0 Å². The van der Waals surface area contributed by atoms with E-state index in [9.17, 15) is 4.79 Å². The molecule has 0 saturated carbocycles. The fraction of sp³-hybridized carbons (Fsp3) is 0.818. The normalized spacial score (nSPS) is 15.9. The maximum Gasteiger partial charge on any atom is 0.409 e. The first-order valence-electron chi connectivity index (χ1n) is 5.55.